The van der Waals surface area contributed by atoms with Crippen molar-refractivity contribution in [3.8, 4) is 0 Å². The molecule has 1 saturated heterocycles. The molecule has 0 aliphatic carbocycles. The molecule has 1 atom stereocenters. The van der Waals surface area contributed by atoms with Gasteiger partial charge < -0.3 is 10.6 Å². The highest BCUT2D eigenvalue weighted by Crippen LogP contribution is 2.31. The smallest absolute Gasteiger partial charge is 0.315 e. The maximum absolute atomic E-state index is 12.8. The third kappa shape index (κ3) is 3.46. The summed E-state index contributed by atoms with van der Waals surface area (Å²) in [4.78, 5) is 0. The number of nitrogens with one attached hydrogen (secondary N) is 2. The molecule has 0 aromatic heterocycles. The molecule has 2 N–H and O–H groups in total. The van der Waals surface area contributed by atoms with Crippen molar-refractivity contribution in [3.05, 3.63) is 35.4 Å². The number of piperidine rings is 1. The van der Waals surface area contributed by atoms with E-state index >= 15 is 0 Å². The molecule has 0 amide bonds. The highest BCUT2D eigenvalue weighted by atomic mass is 19.4. The van der Waals surface area contributed by atoms with Crippen molar-refractivity contribution in [1.29, 1.82) is 0 Å². The van der Waals surface area contributed by atoms with E-state index in [1.165, 1.54) is 12.1 Å². The molecule has 18 heavy (non-hydrogen) atoms. The summed E-state index contributed by atoms with van der Waals surface area (Å²) in [5.41, 5.74) is -0.225. The molecule has 0 saturated carbocycles. The molecule has 0 radical (unpaired) electrons. The Balaban J connectivity index is 2.00. The van der Waals surface area contributed by atoms with Crippen molar-refractivity contribution in [1.82, 2.24) is 10.6 Å². The maximum atomic E-state index is 12.8. The summed E-state index contributed by atoms with van der Waals surface area (Å²) in [5, 5.41) is 6.42. The number of rotatable bonds is 3. The first-order valence-electron chi connectivity index (χ1n) is 6.16. The fraction of sp³-hybridized carbons (Fsp3) is 0.538. The van der Waals surface area contributed by atoms with Crippen LogP contribution in [-0.4, -0.2) is 19.1 Å². The van der Waals surface area contributed by atoms with Gasteiger partial charge in [0.1, 0.15) is 0 Å². The van der Waals surface area contributed by atoms with E-state index in [9.17, 15) is 13.2 Å². The number of halogens is 3. The second kappa shape index (κ2) is 5.71. The van der Waals surface area contributed by atoms with Gasteiger partial charge in [-0.1, -0.05) is 18.2 Å². The molecule has 1 aromatic carbocycles. The van der Waals surface area contributed by atoms with Crippen molar-refractivity contribution in [2.45, 2.75) is 31.6 Å². The van der Waals surface area contributed by atoms with Crippen LogP contribution in [0.1, 0.15) is 24.0 Å². The van der Waals surface area contributed by atoms with E-state index in [2.05, 4.69) is 10.6 Å². The van der Waals surface area contributed by atoms with E-state index in [-0.39, 0.29) is 12.6 Å². The van der Waals surface area contributed by atoms with Gasteiger partial charge in [-0.3, -0.25) is 0 Å². The standard InChI is InChI=1S/C13H17F3N2/c14-13(15,16)12-6-2-1-4-10(12)8-18-11-5-3-7-17-9-11/h1-2,4,6,11,17-18H,3,5,7-9H2. The molecule has 1 aliphatic heterocycles. The lowest BCUT2D eigenvalue weighted by Crippen LogP contribution is -2.42. The molecule has 1 unspecified atom stereocenters. The molecular formula is C13H17F3N2. The summed E-state index contributed by atoms with van der Waals surface area (Å²) in [7, 11) is 0. The summed E-state index contributed by atoms with van der Waals surface area (Å²) in [6.07, 6.45) is -2.19. The molecule has 5 heteroatoms. The average Bonchev–Trinajstić information content (AvgIpc) is 2.37. The molecule has 2 rings (SSSR count). The largest absolute Gasteiger partial charge is 0.416 e. The van der Waals surface area contributed by atoms with Gasteiger partial charge in [-0.2, -0.15) is 13.2 Å². The van der Waals surface area contributed by atoms with Gasteiger partial charge in [-0.05, 0) is 31.0 Å². The zero-order valence-electron chi connectivity index (χ0n) is 10.1. The van der Waals surface area contributed by atoms with Gasteiger partial charge >= 0.3 is 6.18 Å². The second-order valence-corrected chi connectivity index (χ2v) is 4.58. The van der Waals surface area contributed by atoms with Crippen LogP contribution >= 0.6 is 0 Å². The monoisotopic (exact) mass is 258 g/mol. The van der Waals surface area contributed by atoms with Crippen LogP contribution in [0.15, 0.2) is 24.3 Å². The van der Waals surface area contributed by atoms with Crippen LogP contribution in [-0.2, 0) is 12.7 Å². The molecule has 0 bridgehead atoms. The SMILES string of the molecule is FC(F)(F)c1ccccc1CNC1CCCNC1. The third-order valence-corrected chi connectivity index (χ3v) is 3.20. The minimum Gasteiger partial charge on any atom is -0.315 e. The number of hydrogen-bond donors (Lipinski definition) is 2. The minimum absolute atomic E-state index is 0.264. The van der Waals surface area contributed by atoms with Gasteiger partial charge in [0.05, 0.1) is 5.56 Å². The highest BCUT2D eigenvalue weighted by Gasteiger charge is 2.32. The number of benzene rings is 1. The van der Waals surface area contributed by atoms with Crippen LogP contribution < -0.4 is 10.6 Å². The lowest BCUT2D eigenvalue weighted by molar-refractivity contribution is -0.138. The van der Waals surface area contributed by atoms with E-state index < -0.39 is 11.7 Å². The highest BCUT2D eigenvalue weighted by molar-refractivity contribution is 5.29. The molecule has 0 spiro atoms. The van der Waals surface area contributed by atoms with Crippen LogP contribution in [0.25, 0.3) is 0 Å². The van der Waals surface area contributed by atoms with Crippen LogP contribution in [0.4, 0.5) is 13.2 Å². The Labute approximate surface area is 105 Å². The first-order chi connectivity index (χ1) is 8.57. The molecule has 1 aliphatic rings. The Morgan fingerprint density at radius 2 is 2.06 bits per heavy atom. The molecule has 1 fully saturated rings. The summed E-state index contributed by atoms with van der Waals surface area (Å²) in [6.45, 7) is 2.09. The average molecular weight is 258 g/mol. The summed E-state index contributed by atoms with van der Waals surface area (Å²) >= 11 is 0. The Bertz CT molecular complexity index is 384. The number of hydrogen-bond acceptors (Lipinski definition) is 2. The normalized spacial score (nSPS) is 20.9. The fourth-order valence-corrected chi connectivity index (χ4v) is 2.23. The van der Waals surface area contributed by atoms with Gasteiger partial charge in [0.25, 0.3) is 0 Å². The lowest BCUT2D eigenvalue weighted by atomic mass is 10.0. The summed E-state index contributed by atoms with van der Waals surface area (Å²) < 4.78 is 38.3. The minimum atomic E-state index is -4.27. The fourth-order valence-electron chi connectivity index (χ4n) is 2.23. The van der Waals surface area contributed by atoms with Crippen molar-refractivity contribution >= 4 is 0 Å². The van der Waals surface area contributed by atoms with Gasteiger partial charge in [0.15, 0.2) is 0 Å². The predicted molar refractivity (Wildman–Crippen MR) is 64.2 cm³/mol. The van der Waals surface area contributed by atoms with Gasteiger partial charge in [-0.15, -0.1) is 0 Å². The maximum Gasteiger partial charge on any atom is 0.416 e. The van der Waals surface area contributed by atoms with Crippen molar-refractivity contribution in [2.75, 3.05) is 13.1 Å². The lowest BCUT2D eigenvalue weighted by Gasteiger charge is -2.24. The molecule has 100 valence electrons. The van der Waals surface area contributed by atoms with Crippen LogP contribution in [0.5, 0.6) is 0 Å². The molecular weight excluding hydrogens is 241 g/mol. The van der Waals surface area contributed by atoms with E-state index in [0.29, 0.717) is 5.56 Å². The summed E-state index contributed by atoms with van der Waals surface area (Å²) in [6, 6.07) is 6.00. The van der Waals surface area contributed by atoms with Gasteiger partial charge in [-0.25, -0.2) is 0 Å². The molecule has 2 nitrogen and oxygen atoms in total. The molecule has 1 heterocycles. The molecule has 1 aromatic rings. The van der Waals surface area contributed by atoms with E-state index in [1.54, 1.807) is 6.07 Å². The first kappa shape index (κ1) is 13.4. The Morgan fingerprint density at radius 3 is 2.72 bits per heavy atom. The Kier molecular flexibility index (Phi) is 4.24. The predicted octanol–water partition coefficient (Wildman–Crippen LogP) is 2.55. The number of alkyl halides is 3. The Hall–Kier alpha value is -1.07. The van der Waals surface area contributed by atoms with E-state index in [4.69, 9.17) is 0 Å². The van der Waals surface area contributed by atoms with Crippen LogP contribution in [0.3, 0.4) is 0 Å². The van der Waals surface area contributed by atoms with Gasteiger partial charge in [0.2, 0.25) is 0 Å². The van der Waals surface area contributed by atoms with Gasteiger partial charge in [0, 0.05) is 19.1 Å². The van der Waals surface area contributed by atoms with Crippen LogP contribution in [0, 0.1) is 0 Å². The third-order valence-electron chi connectivity index (χ3n) is 3.20. The zero-order chi connectivity index (χ0) is 13.0. The second-order valence-electron chi connectivity index (χ2n) is 4.58. The van der Waals surface area contributed by atoms with Crippen molar-refractivity contribution < 1.29 is 13.2 Å². The zero-order valence-corrected chi connectivity index (χ0v) is 10.1. The van der Waals surface area contributed by atoms with Crippen LogP contribution in [0.2, 0.25) is 0 Å². The summed E-state index contributed by atoms with van der Waals surface area (Å²) in [5.74, 6) is 0. The van der Waals surface area contributed by atoms with Crippen molar-refractivity contribution in [3.63, 3.8) is 0 Å². The Morgan fingerprint density at radius 1 is 1.28 bits per heavy atom. The van der Waals surface area contributed by atoms with Crippen molar-refractivity contribution in [2.24, 2.45) is 0 Å². The van der Waals surface area contributed by atoms with E-state index in [1.807, 2.05) is 0 Å². The quantitative estimate of drug-likeness (QED) is 0.870. The topological polar surface area (TPSA) is 24.1 Å². The first-order valence-corrected chi connectivity index (χ1v) is 6.16. The van der Waals surface area contributed by atoms with E-state index in [0.717, 1.165) is 32.0 Å².